The van der Waals surface area contributed by atoms with E-state index in [1.807, 2.05) is 44.7 Å². The Labute approximate surface area is 126 Å². The van der Waals surface area contributed by atoms with Crippen LogP contribution in [0.3, 0.4) is 0 Å². The van der Waals surface area contributed by atoms with Crippen LogP contribution in [0.1, 0.15) is 25.6 Å². The van der Waals surface area contributed by atoms with Crippen molar-refractivity contribution in [2.24, 2.45) is 5.41 Å². The number of nitrogens with one attached hydrogen (secondary N) is 1. The highest BCUT2D eigenvalue weighted by Crippen LogP contribution is 2.44. The Bertz CT molecular complexity index is 671. The first-order valence-electron chi connectivity index (χ1n) is 6.48. The molecule has 0 fully saturated rings. The molecule has 2 aromatic rings. The van der Waals surface area contributed by atoms with Gasteiger partial charge < -0.3 is 5.32 Å². The largest absolute Gasteiger partial charge is 0.301 e. The minimum Gasteiger partial charge on any atom is -0.301 e. The predicted molar refractivity (Wildman–Crippen MR) is 85.2 cm³/mol. The zero-order valence-electron chi connectivity index (χ0n) is 11.7. The second kappa shape index (κ2) is 4.90. The monoisotopic (exact) mass is 304 g/mol. The van der Waals surface area contributed by atoms with E-state index in [9.17, 15) is 4.79 Å². The Kier molecular flexibility index (Phi) is 3.34. The number of hydrogen-bond donors (Lipinski definition) is 1. The molecule has 1 amide bonds. The van der Waals surface area contributed by atoms with Crippen molar-refractivity contribution in [3.63, 3.8) is 0 Å². The minimum absolute atomic E-state index is 0.00420. The van der Waals surface area contributed by atoms with E-state index in [0.717, 1.165) is 11.4 Å². The number of rotatable bonds is 1. The Hall–Kier alpha value is -1.33. The van der Waals surface area contributed by atoms with Crippen molar-refractivity contribution in [1.82, 2.24) is 4.98 Å². The molecule has 5 heteroatoms. The molecule has 2 heterocycles. The second-order valence-corrected chi connectivity index (χ2v) is 7.88. The van der Waals surface area contributed by atoms with E-state index < -0.39 is 5.41 Å². The number of thioether (sulfide) groups is 1. The van der Waals surface area contributed by atoms with Crippen LogP contribution >= 0.6 is 23.1 Å². The number of thiazole rings is 1. The lowest BCUT2D eigenvalue weighted by Gasteiger charge is -2.15. The molecular weight excluding hydrogens is 288 g/mol. The summed E-state index contributed by atoms with van der Waals surface area (Å²) in [6.45, 7) is 5.71. The molecule has 0 aliphatic carbocycles. The third-order valence-electron chi connectivity index (χ3n) is 3.10. The van der Waals surface area contributed by atoms with Crippen molar-refractivity contribution < 1.29 is 4.79 Å². The molecule has 0 spiro atoms. The van der Waals surface area contributed by atoms with Crippen LogP contribution in [0.4, 0.5) is 5.13 Å². The summed E-state index contributed by atoms with van der Waals surface area (Å²) in [5, 5.41) is 3.63. The summed E-state index contributed by atoms with van der Waals surface area (Å²) < 4.78 is 0. The Morgan fingerprint density at radius 3 is 2.80 bits per heavy atom. The van der Waals surface area contributed by atoms with Gasteiger partial charge in [-0.05, 0) is 6.07 Å². The third-order valence-corrected chi connectivity index (χ3v) is 5.35. The van der Waals surface area contributed by atoms with Crippen LogP contribution in [0.5, 0.6) is 0 Å². The molecule has 104 valence electrons. The Balaban J connectivity index is 1.93. The van der Waals surface area contributed by atoms with Gasteiger partial charge in [-0.3, -0.25) is 4.79 Å². The van der Waals surface area contributed by atoms with Crippen molar-refractivity contribution in [3.05, 3.63) is 29.1 Å². The molecule has 0 unspecified atom stereocenters. The number of fused-ring (bicyclic) bond motifs is 3. The van der Waals surface area contributed by atoms with Crippen LogP contribution in [0.25, 0.3) is 11.3 Å². The van der Waals surface area contributed by atoms with Crippen LogP contribution in [0, 0.1) is 5.41 Å². The molecule has 3 rings (SSSR count). The van der Waals surface area contributed by atoms with Gasteiger partial charge >= 0.3 is 0 Å². The smallest absolute Gasteiger partial charge is 0.231 e. The average Bonchev–Trinajstić information content (AvgIpc) is 2.80. The summed E-state index contributed by atoms with van der Waals surface area (Å²) in [6.07, 6.45) is 0. The Morgan fingerprint density at radius 2 is 2.05 bits per heavy atom. The van der Waals surface area contributed by atoms with Gasteiger partial charge in [0.15, 0.2) is 5.13 Å². The molecule has 0 saturated heterocycles. The number of benzene rings is 1. The van der Waals surface area contributed by atoms with Gasteiger partial charge in [-0.15, -0.1) is 23.1 Å². The quantitative estimate of drug-likeness (QED) is 0.849. The van der Waals surface area contributed by atoms with Crippen LogP contribution in [-0.4, -0.2) is 10.9 Å². The number of carbonyl (C=O) groups is 1. The number of hydrogen-bond acceptors (Lipinski definition) is 4. The summed E-state index contributed by atoms with van der Waals surface area (Å²) >= 11 is 3.41. The number of carbonyl (C=O) groups excluding carboxylic acids is 1. The SMILES string of the molecule is CC(C)(C)C(=O)Nc1nc2c(s1)CSc1ccccc1-2. The first kappa shape index (κ1) is 13.6. The number of aromatic nitrogens is 1. The fourth-order valence-electron chi connectivity index (χ4n) is 1.93. The maximum atomic E-state index is 12.0. The summed E-state index contributed by atoms with van der Waals surface area (Å²) in [6, 6.07) is 8.29. The van der Waals surface area contributed by atoms with Gasteiger partial charge in [0, 0.05) is 26.5 Å². The summed E-state index contributed by atoms with van der Waals surface area (Å²) in [5.41, 5.74) is 1.79. The molecule has 1 N–H and O–H groups in total. The zero-order chi connectivity index (χ0) is 14.3. The van der Waals surface area contributed by atoms with Gasteiger partial charge in [0.25, 0.3) is 0 Å². The molecule has 0 atom stereocenters. The molecule has 1 aromatic carbocycles. The summed E-state index contributed by atoms with van der Waals surface area (Å²) in [5.74, 6) is 0.930. The predicted octanol–water partition coefficient (Wildman–Crippen LogP) is 4.40. The Morgan fingerprint density at radius 1 is 1.30 bits per heavy atom. The van der Waals surface area contributed by atoms with E-state index >= 15 is 0 Å². The van der Waals surface area contributed by atoms with Gasteiger partial charge in [-0.25, -0.2) is 4.98 Å². The van der Waals surface area contributed by atoms with Crippen LogP contribution in [-0.2, 0) is 10.5 Å². The molecule has 1 aromatic heterocycles. The fraction of sp³-hybridized carbons (Fsp3) is 0.333. The van der Waals surface area contributed by atoms with Gasteiger partial charge in [0.05, 0.1) is 5.69 Å². The summed E-state index contributed by atoms with van der Waals surface area (Å²) in [7, 11) is 0. The molecule has 0 saturated carbocycles. The first-order valence-corrected chi connectivity index (χ1v) is 8.29. The van der Waals surface area contributed by atoms with Crippen molar-refractivity contribution in [1.29, 1.82) is 0 Å². The molecule has 1 aliphatic rings. The topological polar surface area (TPSA) is 42.0 Å². The maximum Gasteiger partial charge on any atom is 0.231 e. The highest BCUT2D eigenvalue weighted by molar-refractivity contribution is 7.98. The van der Waals surface area contributed by atoms with Crippen LogP contribution in [0.15, 0.2) is 29.2 Å². The highest BCUT2D eigenvalue weighted by atomic mass is 32.2. The summed E-state index contributed by atoms with van der Waals surface area (Å²) in [4.78, 5) is 19.2. The molecule has 20 heavy (non-hydrogen) atoms. The second-order valence-electron chi connectivity index (χ2n) is 5.78. The first-order chi connectivity index (χ1) is 9.45. The van der Waals surface area contributed by atoms with Crippen molar-refractivity contribution in [2.45, 2.75) is 31.4 Å². The highest BCUT2D eigenvalue weighted by Gasteiger charge is 2.25. The van der Waals surface area contributed by atoms with E-state index in [4.69, 9.17) is 0 Å². The third kappa shape index (κ3) is 2.47. The van der Waals surface area contributed by atoms with Gasteiger partial charge in [-0.2, -0.15) is 0 Å². The van der Waals surface area contributed by atoms with E-state index in [-0.39, 0.29) is 5.91 Å². The van der Waals surface area contributed by atoms with Crippen molar-refractivity contribution in [3.8, 4) is 11.3 Å². The van der Waals surface area contributed by atoms with E-state index in [1.54, 1.807) is 11.3 Å². The molecule has 0 bridgehead atoms. The fourth-order valence-corrected chi connectivity index (χ4v) is 4.03. The van der Waals surface area contributed by atoms with Crippen molar-refractivity contribution in [2.75, 3.05) is 5.32 Å². The van der Waals surface area contributed by atoms with Gasteiger partial charge in [0.1, 0.15) is 0 Å². The zero-order valence-corrected chi connectivity index (χ0v) is 13.3. The van der Waals surface area contributed by atoms with E-state index in [1.165, 1.54) is 15.3 Å². The van der Waals surface area contributed by atoms with Crippen LogP contribution in [0.2, 0.25) is 0 Å². The lowest BCUT2D eigenvalue weighted by Crippen LogP contribution is -2.27. The average molecular weight is 304 g/mol. The number of amides is 1. The molecule has 0 radical (unpaired) electrons. The van der Waals surface area contributed by atoms with Crippen LogP contribution < -0.4 is 5.32 Å². The van der Waals surface area contributed by atoms with E-state index in [2.05, 4.69) is 22.4 Å². The van der Waals surface area contributed by atoms with Gasteiger partial charge in [0.2, 0.25) is 5.91 Å². The van der Waals surface area contributed by atoms with Crippen molar-refractivity contribution >= 4 is 34.1 Å². The maximum absolute atomic E-state index is 12.0. The van der Waals surface area contributed by atoms with Gasteiger partial charge in [-0.1, -0.05) is 39.0 Å². The number of nitrogens with zero attached hydrogens (tertiary/aromatic N) is 1. The standard InChI is InChI=1S/C15H16N2OS2/c1-15(2,3)13(18)17-14-16-12-9-6-4-5-7-10(9)19-8-11(12)20-14/h4-7H,8H2,1-3H3,(H,16,17,18). The van der Waals surface area contributed by atoms with E-state index in [0.29, 0.717) is 5.13 Å². The normalized spacial score (nSPS) is 13.6. The molecular formula is C15H16N2OS2. The number of anilines is 1. The molecule has 1 aliphatic heterocycles. The molecule has 3 nitrogen and oxygen atoms in total. The lowest BCUT2D eigenvalue weighted by atomic mass is 9.96. The minimum atomic E-state index is -0.404. The lowest BCUT2D eigenvalue weighted by molar-refractivity contribution is -0.123.